The molecule has 7 heteroatoms. The maximum absolute atomic E-state index is 12.3. The number of aliphatic carboxylic acids is 1. The molecular weight excluding hydrogens is 312 g/mol. The van der Waals surface area contributed by atoms with Crippen LogP contribution in [0.3, 0.4) is 0 Å². The number of hydrogen-bond donors (Lipinski definition) is 2. The molecule has 1 fully saturated rings. The monoisotopic (exact) mass is 334 g/mol. The number of rotatable bonds is 7. The third-order valence-corrected chi connectivity index (χ3v) is 4.07. The van der Waals surface area contributed by atoms with Gasteiger partial charge in [0.2, 0.25) is 11.8 Å². The number of amides is 2. The summed E-state index contributed by atoms with van der Waals surface area (Å²) in [5.41, 5.74) is 0.877. The lowest BCUT2D eigenvalue weighted by atomic mass is 10.0. The second kappa shape index (κ2) is 7.81. The van der Waals surface area contributed by atoms with Crippen LogP contribution in [0.5, 0.6) is 5.75 Å². The van der Waals surface area contributed by atoms with Crippen molar-refractivity contribution in [2.24, 2.45) is 5.92 Å². The summed E-state index contributed by atoms with van der Waals surface area (Å²) >= 11 is 0. The van der Waals surface area contributed by atoms with E-state index in [0.29, 0.717) is 18.8 Å². The maximum Gasteiger partial charge on any atom is 0.341 e. The largest absolute Gasteiger partial charge is 0.482 e. The quantitative estimate of drug-likeness (QED) is 0.781. The summed E-state index contributed by atoms with van der Waals surface area (Å²) in [6, 6.07) is 6.68. The molecule has 0 spiro atoms. The molecule has 0 bridgehead atoms. The molecule has 130 valence electrons. The maximum atomic E-state index is 12.3. The number of likely N-dealkylation sites (tertiary alicyclic amines) is 1. The van der Waals surface area contributed by atoms with Crippen molar-refractivity contribution < 1.29 is 24.2 Å². The molecule has 0 saturated carbocycles. The van der Waals surface area contributed by atoms with Crippen LogP contribution < -0.4 is 10.1 Å². The lowest BCUT2D eigenvalue weighted by Crippen LogP contribution is -2.34. The van der Waals surface area contributed by atoms with Crippen molar-refractivity contribution in [3.05, 3.63) is 29.8 Å². The topological polar surface area (TPSA) is 95.9 Å². The number of benzene rings is 1. The van der Waals surface area contributed by atoms with E-state index in [2.05, 4.69) is 5.32 Å². The van der Waals surface area contributed by atoms with Crippen molar-refractivity contribution in [3.8, 4) is 5.75 Å². The molecule has 1 aliphatic rings. The van der Waals surface area contributed by atoms with Crippen molar-refractivity contribution in [3.63, 3.8) is 0 Å². The number of nitrogens with one attached hydrogen (secondary N) is 1. The van der Waals surface area contributed by atoms with E-state index >= 15 is 0 Å². The smallest absolute Gasteiger partial charge is 0.341 e. The molecule has 1 aromatic carbocycles. The molecule has 7 nitrogen and oxygen atoms in total. The first-order valence-corrected chi connectivity index (χ1v) is 7.93. The molecule has 0 radical (unpaired) electrons. The Bertz CT molecular complexity index is 614. The van der Waals surface area contributed by atoms with Gasteiger partial charge in [-0.05, 0) is 31.5 Å². The molecule has 2 N–H and O–H groups in total. The van der Waals surface area contributed by atoms with Gasteiger partial charge in [0, 0.05) is 19.5 Å². The molecular formula is C17H22N2O5. The first kappa shape index (κ1) is 17.8. The van der Waals surface area contributed by atoms with Gasteiger partial charge < -0.3 is 20.1 Å². The van der Waals surface area contributed by atoms with Crippen LogP contribution >= 0.6 is 0 Å². The Hall–Kier alpha value is -2.57. The van der Waals surface area contributed by atoms with E-state index in [1.165, 1.54) is 0 Å². The van der Waals surface area contributed by atoms with Crippen LogP contribution in [0.15, 0.2) is 24.3 Å². The molecule has 0 aromatic heterocycles. The van der Waals surface area contributed by atoms with Crippen molar-refractivity contribution in [2.75, 3.05) is 19.7 Å². The van der Waals surface area contributed by atoms with Crippen molar-refractivity contribution in [2.45, 2.75) is 26.3 Å². The standard InChI is InChI=1S/C17H22N2O5/c1-3-19-9-13(8-15(19)20)17(23)18-11(2)12-4-6-14(7-5-12)24-10-16(21)22/h4-7,11,13H,3,8-10H2,1-2H3,(H,18,23)(H,21,22)/t11-,13+/m1/s1. The van der Waals surface area contributed by atoms with Gasteiger partial charge in [-0.1, -0.05) is 12.1 Å². The summed E-state index contributed by atoms with van der Waals surface area (Å²) in [6.07, 6.45) is 0.258. The average Bonchev–Trinajstić information content (AvgIpc) is 2.94. The van der Waals surface area contributed by atoms with Crippen LogP contribution in [0, 0.1) is 5.92 Å². The van der Waals surface area contributed by atoms with E-state index in [4.69, 9.17) is 9.84 Å². The molecule has 1 heterocycles. The highest BCUT2D eigenvalue weighted by Crippen LogP contribution is 2.21. The van der Waals surface area contributed by atoms with Gasteiger partial charge in [-0.15, -0.1) is 0 Å². The minimum Gasteiger partial charge on any atom is -0.482 e. The summed E-state index contributed by atoms with van der Waals surface area (Å²) < 4.78 is 5.07. The molecule has 2 rings (SSSR count). The zero-order valence-corrected chi connectivity index (χ0v) is 13.8. The fraction of sp³-hybridized carbons (Fsp3) is 0.471. The van der Waals surface area contributed by atoms with Crippen molar-refractivity contribution in [1.29, 1.82) is 0 Å². The van der Waals surface area contributed by atoms with Crippen LogP contribution in [0.1, 0.15) is 31.9 Å². The number of hydrogen-bond acceptors (Lipinski definition) is 4. The van der Waals surface area contributed by atoms with Gasteiger partial charge in [-0.3, -0.25) is 9.59 Å². The average molecular weight is 334 g/mol. The highest BCUT2D eigenvalue weighted by Gasteiger charge is 2.33. The Morgan fingerprint density at radius 1 is 1.38 bits per heavy atom. The third-order valence-electron chi connectivity index (χ3n) is 4.07. The van der Waals surface area contributed by atoms with E-state index in [1.807, 2.05) is 13.8 Å². The Kier molecular flexibility index (Phi) is 5.78. The van der Waals surface area contributed by atoms with E-state index in [0.717, 1.165) is 5.56 Å². The normalized spacial score (nSPS) is 18.3. The van der Waals surface area contributed by atoms with Gasteiger partial charge in [-0.2, -0.15) is 0 Å². The number of carboxylic acids is 1. The van der Waals surface area contributed by atoms with Gasteiger partial charge in [-0.25, -0.2) is 4.79 Å². The molecule has 2 amide bonds. The number of ether oxygens (including phenoxy) is 1. The van der Waals surface area contributed by atoms with E-state index in [1.54, 1.807) is 29.2 Å². The molecule has 1 aliphatic heterocycles. The van der Waals surface area contributed by atoms with E-state index in [-0.39, 0.29) is 30.2 Å². The predicted molar refractivity (Wildman–Crippen MR) is 86.5 cm³/mol. The number of carboxylic acid groups (broad SMARTS) is 1. The summed E-state index contributed by atoms with van der Waals surface area (Å²) in [6.45, 7) is 4.45. The number of carbonyl (C=O) groups excluding carboxylic acids is 2. The lowest BCUT2D eigenvalue weighted by molar-refractivity contribution is -0.139. The highest BCUT2D eigenvalue weighted by molar-refractivity contribution is 5.89. The number of carbonyl (C=O) groups is 3. The fourth-order valence-electron chi connectivity index (χ4n) is 2.67. The SMILES string of the molecule is CCN1C[C@@H](C(=O)N[C@H](C)c2ccc(OCC(=O)O)cc2)CC1=O. The van der Waals surface area contributed by atoms with E-state index in [9.17, 15) is 14.4 Å². The van der Waals surface area contributed by atoms with Crippen LogP contribution in [0.25, 0.3) is 0 Å². The zero-order chi connectivity index (χ0) is 17.7. The van der Waals surface area contributed by atoms with Gasteiger partial charge in [0.25, 0.3) is 0 Å². The Labute approximate surface area is 140 Å². The molecule has 0 aliphatic carbocycles. The molecule has 0 unspecified atom stereocenters. The van der Waals surface area contributed by atoms with Gasteiger partial charge in [0.15, 0.2) is 6.61 Å². The van der Waals surface area contributed by atoms with Gasteiger partial charge in [0.1, 0.15) is 5.75 Å². The van der Waals surface area contributed by atoms with Gasteiger partial charge >= 0.3 is 5.97 Å². The Morgan fingerprint density at radius 3 is 2.58 bits per heavy atom. The molecule has 2 atom stereocenters. The van der Waals surface area contributed by atoms with Crippen LogP contribution in [-0.2, 0) is 14.4 Å². The summed E-state index contributed by atoms with van der Waals surface area (Å²) in [7, 11) is 0. The van der Waals surface area contributed by atoms with Crippen LogP contribution in [0.4, 0.5) is 0 Å². The fourth-order valence-corrected chi connectivity index (χ4v) is 2.67. The molecule has 1 saturated heterocycles. The molecule has 24 heavy (non-hydrogen) atoms. The first-order valence-electron chi connectivity index (χ1n) is 7.93. The predicted octanol–water partition coefficient (Wildman–Crippen LogP) is 1.20. The van der Waals surface area contributed by atoms with Gasteiger partial charge in [0.05, 0.1) is 12.0 Å². The van der Waals surface area contributed by atoms with Crippen LogP contribution in [-0.4, -0.2) is 47.5 Å². The summed E-state index contributed by atoms with van der Waals surface area (Å²) in [5, 5.41) is 11.5. The third kappa shape index (κ3) is 4.47. The van der Waals surface area contributed by atoms with Crippen LogP contribution in [0.2, 0.25) is 0 Å². The minimum absolute atomic E-state index is 0.0187. The zero-order valence-electron chi connectivity index (χ0n) is 13.8. The van der Waals surface area contributed by atoms with E-state index < -0.39 is 12.6 Å². The Morgan fingerprint density at radius 2 is 2.04 bits per heavy atom. The minimum atomic E-state index is -1.04. The Balaban J connectivity index is 1.90. The summed E-state index contributed by atoms with van der Waals surface area (Å²) in [5.74, 6) is -0.993. The second-order valence-corrected chi connectivity index (χ2v) is 5.82. The molecule has 1 aromatic rings. The first-order chi connectivity index (χ1) is 11.4. The highest BCUT2D eigenvalue weighted by atomic mass is 16.5. The lowest BCUT2D eigenvalue weighted by Gasteiger charge is -2.18. The second-order valence-electron chi connectivity index (χ2n) is 5.82. The number of nitrogens with zero attached hydrogens (tertiary/aromatic N) is 1. The summed E-state index contributed by atoms with van der Waals surface area (Å²) in [4.78, 5) is 36.2. The van der Waals surface area contributed by atoms with Crippen molar-refractivity contribution >= 4 is 17.8 Å². The van der Waals surface area contributed by atoms with Crippen molar-refractivity contribution in [1.82, 2.24) is 10.2 Å².